The number of thioether (sulfide) groups is 2. The maximum atomic E-state index is 7.37. The Labute approximate surface area is 141 Å². The molecule has 0 spiro atoms. The summed E-state index contributed by atoms with van der Waals surface area (Å²) in [4.78, 5) is 2.16. The molecule has 1 aromatic carbocycles. The highest BCUT2D eigenvalue weighted by Gasteiger charge is 2.13. The molecule has 1 aromatic rings. The number of hydrogen-bond acceptors (Lipinski definition) is 5. The van der Waals surface area contributed by atoms with E-state index in [-0.39, 0.29) is 10.3 Å². The second-order valence-corrected chi connectivity index (χ2v) is 7.54. The zero-order valence-corrected chi connectivity index (χ0v) is 14.8. The van der Waals surface area contributed by atoms with E-state index in [0.717, 1.165) is 24.5 Å². The standard InChI is InChI=1S/C15H25N5S2/c1-20(2)9-13(10-22-15(18)19)12-5-3-11(4-6-12)7-8-21-14(16)17/h3-6,13H,7-10H2,1-2H3,(H3,16,17)(H3,18,19)/t13-/m0/s1. The maximum Gasteiger partial charge on any atom is 0.151 e. The van der Waals surface area contributed by atoms with Crippen LogP contribution < -0.4 is 11.5 Å². The highest BCUT2D eigenvalue weighted by atomic mass is 32.2. The maximum absolute atomic E-state index is 7.37. The lowest BCUT2D eigenvalue weighted by atomic mass is 9.99. The highest BCUT2D eigenvalue weighted by molar-refractivity contribution is 8.13. The van der Waals surface area contributed by atoms with E-state index in [1.165, 1.54) is 34.7 Å². The van der Waals surface area contributed by atoms with Crippen molar-refractivity contribution in [3.05, 3.63) is 35.4 Å². The first kappa shape index (κ1) is 18.9. The molecule has 0 aliphatic heterocycles. The van der Waals surface area contributed by atoms with Crippen molar-refractivity contribution in [3.8, 4) is 0 Å². The number of benzene rings is 1. The summed E-state index contributed by atoms with van der Waals surface area (Å²) in [5.41, 5.74) is 13.3. The molecular weight excluding hydrogens is 314 g/mol. The number of likely N-dealkylation sites (N-methyl/N-ethyl adjacent to an activating group) is 1. The predicted octanol–water partition coefficient (Wildman–Crippen LogP) is 2.13. The van der Waals surface area contributed by atoms with Gasteiger partial charge in [0.2, 0.25) is 0 Å². The number of rotatable bonds is 8. The van der Waals surface area contributed by atoms with E-state index in [1.54, 1.807) is 0 Å². The minimum atomic E-state index is 0.168. The predicted molar refractivity (Wildman–Crippen MR) is 100 cm³/mol. The van der Waals surface area contributed by atoms with Crippen molar-refractivity contribution in [3.63, 3.8) is 0 Å². The molecule has 0 aromatic heterocycles. The van der Waals surface area contributed by atoms with Crippen LogP contribution >= 0.6 is 23.5 Å². The summed E-state index contributed by atoms with van der Waals surface area (Å²) in [6.45, 7) is 0.930. The van der Waals surface area contributed by atoms with Crippen LogP contribution in [0.4, 0.5) is 0 Å². The van der Waals surface area contributed by atoms with Crippen LogP contribution in [0.1, 0.15) is 17.0 Å². The van der Waals surface area contributed by atoms with Gasteiger partial charge in [-0.2, -0.15) is 0 Å². The van der Waals surface area contributed by atoms with Gasteiger partial charge in [0.05, 0.1) is 0 Å². The molecule has 22 heavy (non-hydrogen) atoms. The average molecular weight is 340 g/mol. The van der Waals surface area contributed by atoms with Crippen LogP contribution in [0.15, 0.2) is 24.3 Å². The van der Waals surface area contributed by atoms with Crippen LogP contribution in [-0.4, -0.2) is 47.4 Å². The lowest BCUT2D eigenvalue weighted by Crippen LogP contribution is -2.23. The van der Waals surface area contributed by atoms with Gasteiger partial charge in [-0.05, 0) is 31.6 Å². The fourth-order valence-electron chi connectivity index (χ4n) is 2.12. The quantitative estimate of drug-likeness (QED) is 0.429. The van der Waals surface area contributed by atoms with Crippen molar-refractivity contribution >= 4 is 33.9 Å². The molecule has 0 aliphatic rings. The van der Waals surface area contributed by atoms with Crippen LogP contribution in [0, 0.1) is 10.8 Å². The second-order valence-electron chi connectivity index (χ2n) is 5.34. The third-order valence-corrected chi connectivity index (χ3v) is 4.72. The molecule has 0 bridgehead atoms. The van der Waals surface area contributed by atoms with Crippen LogP contribution in [-0.2, 0) is 6.42 Å². The van der Waals surface area contributed by atoms with Crippen molar-refractivity contribution in [2.75, 3.05) is 32.1 Å². The molecule has 0 fully saturated rings. The lowest BCUT2D eigenvalue weighted by molar-refractivity contribution is 0.385. The van der Waals surface area contributed by atoms with E-state index in [1.807, 2.05) is 0 Å². The Kier molecular flexibility index (Phi) is 8.37. The first-order valence-electron chi connectivity index (χ1n) is 7.05. The molecule has 5 nitrogen and oxygen atoms in total. The van der Waals surface area contributed by atoms with Crippen LogP contribution in [0.2, 0.25) is 0 Å². The largest absolute Gasteiger partial charge is 0.379 e. The monoisotopic (exact) mass is 339 g/mol. The molecule has 0 aliphatic carbocycles. The van der Waals surface area contributed by atoms with E-state index in [4.69, 9.17) is 22.3 Å². The lowest BCUT2D eigenvalue weighted by Gasteiger charge is -2.21. The zero-order valence-electron chi connectivity index (χ0n) is 13.1. The van der Waals surface area contributed by atoms with Gasteiger partial charge in [-0.15, -0.1) is 0 Å². The van der Waals surface area contributed by atoms with Gasteiger partial charge in [-0.3, -0.25) is 10.8 Å². The Balaban J connectivity index is 2.65. The summed E-state index contributed by atoms with van der Waals surface area (Å²) in [5, 5.41) is 14.9. The van der Waals surface area contributed by atoms with E-state index in [0.29, 0.717) is 5.92 Å². The minimum absolute atomic E-state index is 0.168. The third kappa shape index (κ3) is 7.72. The van der Waals surface area contributed by atoms with Gasteiger partial charge in [-0.25, -0.2) is 0 Å². The second kappa shape index (κ2) is 9.76. The number of nitrogens with two attached hydrogens (primary N) is 2. The van der Waals surface area contributed by atoms with Crippen molar-refractivity contribution < 1.29 is 0 Å². The van der Waals surface area contributed by atoms with E-state index in [2.05, 4.69) is 43.3 Å². The summed E-state index contributed by atoms with van der Waals surface area (Å²) >= 11 is 2.76. The molecule has 0 heterocycles. The molecule has 0 amide bonds. The molecule has 1 atom stereocenters. The first-order chi connectivity index (χ1) is 10.4. The Morgan fingerprint density at radius 1 is 1.09 bits per heavy atom. The minimum Gasteiger partial charge on any atom is -0.379 e. The Hall–Kier alpha value is -1.18. The molecule has 0 saturated carbocycles. The van der Waals surface area contributed by atoms with Gasteiger partial charge < -0.3 is 16.4 Å². The van der Waals surface area contributed by atoms with Crippen LogP contribution in [0.5, 0.6) is 0 Å². The Morgan fingerprint density at radius 2 is 1.68 bits per heavy atom. The summed E-state index contributed by atoms with van der Waals surface area (Å²) in [6, 6.07) is 8.58. The van der Waals surface area contributed by atoms with Crippen molar-refractivity contribution in [1.82, 2.24) is 4.90 Å². The molecule has 7 heteroatoms. The topological polar surface area (TPSA) is 103 Å². The van der Waals surface area contributed by atoms with Crippen molar-refractivity contribution in [2.24, 2.45) is 11.5 Å². The first-order valence-corrected chi connectivity index (χ1v) is 9.02. The molecule has 1 rings (SSSR count). The van der Waals surface area contributed by atoms with Gasteiger partial charge in [0, 0.05) is 24.0 Å². The number of amidine groups is 2. The molecular formula is C15H25N5S2. The van der Waals surface area contributed by atoms with Crippen LogP contribution in [0.25, 0.3) is 0 Å². The van der Waals surface area contributed by atoms with Crippen molar-refractivity contribution in [1.29, 1.82) is 10.8 Å². The summed E-state index contributed by atoms with van der Waals surface area (Å²) < 4.78 is 0. The number of nitrogens with one attached hydrogen (secondary N) is 2. The SMILES string of the molecule is CN(C)C[C@@H](CSC(=N)N)c1ccc(CCSC(=N)N)cc1. The molecule has 0 unspecified atom stereocenters. The summed E-state index contributed by atoms with van der Waals surface area (Å²) in [6.07, 6.45) is 0.908. The number of hydrogen-bond donors (Lipinski definition) is 4. The smallest absolute Gasteiger partial charge is 0.151 e. The van der Waals surface area contributed by atoms with Gasteiger partial charge in [-0.1, -0.05) is 47.8 Å². The fourth-order valence-corrected chi connectivity index (χ4v) is 3.36. The number of nitrogens with zero attached hydrogens (tertiary/aromatic N) is 1. The van der Waals surface area contributed by atoms with Gasteiger partial charge >= 0.3 is 0 Å². The summed E-state index contributed by atoms with van der Waals surface area (Å²) in [7, 11) is 4.11. The number of aryl methyl sites for hydroxylation is 1. The molecule has 6 N–H and O–H groups in total. The van der Waals surface area contributed by atoms with Crippen molar-refractivity contribution in [2.45, 2.75) is 12.3 Å². The van der Waals surface area contributed by atoms with E-state index >= 15 is 0 Å². The van der Waals surface area contributed by atoms with Crippen LogP contribution in [0.3, 0.4) is 0 Å². The Morgan fingerprint density at radius 3 is 2.18 bits per heavy atom. The molecule has 122 valence electrons. The van der Waals surface area contributed by atoms with Gasteiger partial charge in [0.1, 0.15) is 0 Å². The van der Waals surface area contributed by atoms with Gasteiger partial charge in [0.15, 0.2) is 10.3 Å². The van der Waals surface area contributed by atoms with E-state index < -0.39 is 0 Å². The molecule has 0 radical (unpaired) electrons. The van der Waals surface area contributed by atoms with Gasteiger partial charge in [0.25, 0.3) is 0 Å². The normalized spacial score (nSPS) is 12.3. The molecule has 0 saturated heterocycles. The average Bonchev–Trinajstić information content (AvgIpc) is 2.43. The zero-order chi connectivity index (χ0) is 16.5. The summed E-state index contributed by atoms with van der Waals surface area (Å²) in [5.74, 6) is 1.99. The highest BCUT2D eigenvalue weighted by Crippen LogP contribution is 2.22. The third-order valence-electron chi connectivity index (χ3n) is 3.12. The van der Waals surface area contributed by atoms with E-state index in [9.17, 15) is 0 Å². The fraction of sp³-hybridized carbons (Fsp3) is 0.467. The Bertz CT molecular complexity index is 487.